The quantitative estimate of drug-likeness (QED) is 0.814. The molecule has 0 amide bonds. The third kappa shape index (κ3) is 3.82. The predicted molar refractivity (Wildman–Crippen MR) is 92.8 cm³/mol. The highest BCUT2D eigenvalue weighted by atomic mass is 79.9. The molecular weight excluding hydrogens is 348 g/mol. The Labute approximate surface area is 141 Å². The Kier molecular flexibility index (Phi) is 5.26. The summed E-state index contributed by atoms with van der Waals surface area (Å²) < 4.78 is 1.00. The van der Waals surface area contributed by atoms with Crippen molar-refractivity contribution in [1.82, 2.24) is 10.2 Å². The zero-order valence-corrected chi connectivity index (χ0v) is 15.0. The highest BCUT2D eigenvalue weighted by molar-refractivity contribution is 9.10. The summed E-state index contributed by atoms with van der Waals surface area (Å²) in [4.78, 5) is 2.68. The Morgan fingerprint density at radius 2 is 2.00 bits per heavy atom. The Hall–Kier alpha value is -0.0900. The summed E-state index contributed by atoms with van der Waals surface area (Å²) in [6.45, 7) is 4.50. The van der Waals surface area contributed by atoms with Crippen LogP contribution in [0.3, 0.4) is 0 Å². The normalized spacial score (nSPS) is 28.3. The van der Waals surface area contributed by atoms with Gasteiger partial charge in [-0.2, -0.15) is 0 Å². The minimum Gasteiger partial charge on any atom is -0.311 e. The van der Waals surface area contributed by atoms with Gasteiger partial charge in [0.2, 0.25) is 0 Å². The van der Waals surface area contributed by atoms with Crippen LogP contribution in [0.5, 0.6) is 0 Å². The third-order valence-electron chi connectivity index (χ3n) is 4.85. The van der Waals surface area contributed by atoms with E-state index in [0.717, 1.165) is 34.2 Å². The first-order valence-electron chi connectivity index (χ1n) is 8.09. The molecule has 0 saturated carbocycles. The molecule has 2 heterocycles. The van der Waals surface area contributed by atoms with Crippen molar-refractivity contribution < 1.29 is 0 Å². The zero-order valence-electron chi connectivity index (χ0n) is 12.6. The van der Waals surface area contributed by atoms with Crippen molar-refractivity contribution >= 4 is 27.5 Å². The van der Waals surface area contributed by atoms with Gasteiger partial charge in [0.1, 0.15) is 0 Å². The summed E-state index contributed by atoms with van der Waals surface area (Å²) in [5.41, 5.74) is 1.35. The number of piperidine rings is 1. The second-order valence-electron chi connectivity index (χ2n) is 6.48. The molecule has 2 bridgehead atoms. The van der Waals surface area contributed by atoms with Crippen LogP contribution in [0.4, 0.5) is 0 Å². The number of nitrogens with one attached hydrogen (secondary N) is 1. The number of nitrogens with zero attached hydrogens (tertiary/aromatic N) is 1. The number of rotatable bonds is 5. The fourth-order valence-electron chi connectivity index (χ4n) is 3.88. The monoisotopic (exact) mass is 370 g/mol. The smallest absolute Gasteiger partial charge is 0.0548 e. The van der Waals surface area contributed by atoms with Crippen LogP contribution in [0, 0.1) is 0 Å². The van der Waals surface area contributed by atoms with E-state index in [1.54, 1.807) is 0 Å². The second kappa shape index (κ2) is 6.99. The molecule has 2 aliphatic rings. The van der Waals surface area contributed by atoms with Crippen LogP contribution < -0.4 is 5.32 Å². The molecule has 0 radical (unpaired) electrons. The molecule has 2 unspecified atom stereocenters. The lowest BCUT2D eigenvalue weighted by Gasteiger charge is -2.38. The van der Waals surface area contributed by atoms with Crippen LogP contribution in [0.2, 0.25) is 5.02 Å². The van der Waals surface area contributed by atoms with E-state index in [-0.39, 0.29) is 0 Å². The number of fused-ring (bicyclic) bond motifs is 2. The number of hydrogen-bond donors (Lipinski definition) is 1. The summed E-state index contributed by atoms with van der Waals surface area (Å²) in [6, 6.07) is 8.57. The summed E-state index contributed by atoms with van der Waals surface area (Å²) in [7, 11) is 0. The van der Waals surface area contributed by atoms with Gasteiger partial charge in [-0.05, 0) is 72.3 Å². The van der Waals surface area contributed by atoms with Gasteiger partial charge in [0.15, 0.2) is 0 Å². The van der Waals surface area contributed by atoms with Gasteiger partial charge in [-0.3, -0.25) is 4.90 Å². The minimum absolute atomic E-state index is 0.734. The van der Waals surface area contributed by atoms with E-state index in [2.05, 4.69) is 45.2 Å². The maximum absolute atomic E-state index is 6.10. The van der Waals surface area contributed by atoms with Crippen LogP contribution >= 0.6 is 27.5 Å². The van der Waals surface area contributed by atoms with Crippen molar-refractivity contribution in [1.29, 1.82) is 0 Å². The topological polar surface area (TPSA) is 15.3 Å². The number of halogens is 2. The van der Waals surface area contributed by atoms with Crippen LogP contribution in [0.25, 0.3) is 0 Å². The second-order valence-corrected chi connectivity index (χ2v) is 7.74. The fourth-order valence-corrected chi connectivity index (χ4v) is 4.42. The van der Waals surface area contributed by atoms with Crippen molar-refractivity contribution in [2.24, 2.45) is 0 Å². The molecule has 2 nitrogen and oxygen atoms in total. The molecule has 2 atom stereocenters. The first-order valence-corrected chi connectivity index (χ1v) is 9.27. The van der Waals surface area contributed by atoms with Crippen molar-refractivity contribution in [3.8, 4) is 0 Å². The van der Waals surface area contributed by atoms with Gasteiger partial charge < -0.3 is 5.32 Å². The minimum atomic E-state index is 0.734. The zero-order chi connectivity index (χ0) is 14.8. The fraction of sp³-hybridized carbons (Fsp3) is 0.647. The Bertz CT molecular complexity index is 482. The van der Waals surface area contributed by atoms with E-state index < -0.39 is 0 Å². The van der Waals surface area contributed by atoms with E-state index >= 15 is 0 Å². The highest BCUT2D eigenvalue weighted by Crippen LogP contribution is 2.31. The van der Waals surface area contributed by atoms with E-state index in [1.165, 1.54) is 44.2 Å². The van der Waals surface area contributed by atoms with Crippen LogP contribution in [-0.4, -0.2) is 29.6 Å². The maximum Gasteiger partial charge on any atom is 0.0548 e. The molecule has 0 spiro atoms. The van der Waals surface area contributed by atoms with Crippen molar-refractivity contribution in [3.05, 3.63) is 33.3 Å². The number of benzene rings is 1. The van der Waals surface area contributed by atoms with Gasteiger partial charge in [-0.25, -0.2) is 0 Å². The van der Waals surface area contributed by atoms with Crippen molar-refractivity contribution in [2.45, 2.75) is 63.7 Å². The van der Waals surface area contributed by atoms with Gasteiger partial charge in [0, 0.05) is 29.1 Å². The summed E-state index contributed by atoms with van der Waals surface area (Å²) in [5, 5.41) is 4.54. The first kappa shape index (κ1) is 15.8. The van der Waals surface area contributed by atoms with Gasteiger partial charge in [0.25, 0.3) is 0 Å². The van der Waals surface area contributed by atoms with Gasteiger partial charge in [-0.15, -0.1) is 0 Å². The molecule has 116 valence electrons. The molecule has 0 aliphatic carbocycles. The predicted octanol–water partition coefficient (Wildman–Crippen LogP) is 4.60. The molecule has 1 N–H and O–H groups in total. The highest BCUT2D eigenvalue weighted by Gasteiger charge is 2.35. The molecule has 2 fully saturated rings. The average molecular weight is 372 g/mol. The van der Waals surface area contributed by atoms with Gasteiger partial charge in [-0.1, -0.05) is 24.6 Å². The lowest BCUT2D eigenvalue weighted by molar-refractivity contribution is 0.134. The Balaban J connectivity index is 1.70. The molecule has 3 rings (SSSR count). The summed E-state index contributed by atoms with van der Waals surface area (Å²) >= 11 is 9.64. The standard InChI is InChI=1S/C17H24BrClN2/c1-2-7-21(11-12-3-6-17(19)16(18)8-12)15-9-13-4-5-14(10-15)20-13/h3,6,8,13-15,20H,2,4-5,7,9-11H2,1H3. The van der Waals surface area contributed by atoms with Crippen LogP contribution in [-0.2, 0) is 6.54 Å². The Morgan fingerprint density at radius 1 is 1.29 bits per heavy atom. The lowest BCUT2D eigenvalue weighted by Crippen LogP contribution is -2.48. The molecule has 2 saturated heterocycles. The van der Waals surface area contributed by atoms with Crippen LogP contribution in [0.15, 0.2) is 22.7 Å². The molecule has 1 aromatic carbocycles. The molecular formula is C17H24BrClN2. The molecule has 21 heavy (non-hydrogen) atoms. The molecule has 4 heteroatoms. The Morgan fingerprint density at radius 3 is 2.62 bits per heavy atom. The van der Waals surface area contributed by atoms with Crippen LogP contribution in [0.1, 0.15) is 44.6 Å². The van der Waals surface area contributed by atoms with E-state index in [9.17, 15) is 0 Å². The van der Waals surface area contributed by atoms with Gasteiger partial charge >= 0.3 is 0 Å². The summed E-state index contributed by atoms with van der Waals surface area (Å²) in [5.74, 6) is 0. The average Bonchev–Trinajstić information content (AvgIpc) is 2.81. The summed E-state index contributed by atoms with van der Waals surface area (Å²) in [6.07, 6.45) is 6.58. The van der Waals surface area contributed by atoms with Crippen molar-refractivity contribution in [2.75, 3.05) is 6.54 Å². The SMILES string of the molecule is CCCN(Cc1ccc(Cl)c(Br)c1)C1CC2CCC(C1)N2. The third-order valence-corrected chi connectivity index (χ3v) is 6.06. The number of hydrogen-bond acceptors (Lipinski definition) is 2. The van der Waals surface area contributed by atoms with E-state index in [4.69, 9.17) is 11.6 Å². The lowest BCUT2D eigenvalue weighted by atomic mass is 9.97. The maximum atomic E-state index is 6.10. The molecule has 2 aliphatic heterocycles. The first-order chi connectivity index (χ1) is 10.2. The molecule has 1 aromatic rings. The van der Waals surface area contributed by atoms with E-state index in [0.29, 0.717) is 0 Å². The largest absolute Gasteiger partial charge is 0.311 e. The van der Waals surface area contributed by atoms with E-state index in [1.807, 2.05) is 6.07 Å². The molecule has 0 aromatic heterocycles. The van der Waals surface area contributed by atoms with Gasteiger partial charge in [0.05, 0.1) is 5.02 Å². The van der Waals surface area contributed by atoms with Crippen molar-refractivity contribution in [3.63, 3.8) is 0 Å².